The Morgan fingerprint density at radius 1 is 0.808 bits per heavy atom. The van der Waals surface area contributed by atoms with Crippen molar-refractivity contribution in [3.8, 4) is 0 Å². The SMILES string of the molecule is CCC=CCC=CC[C@@H](O)C=CC=CC=C[C@@H](O)CC=CCCC(=O)O. The van der Waals surface area contributed by atoms with E-state index in [0.29, 0.717) is 19.3 Å². The molecule has 4 heteroatoms. The van der Waals surface area contributed by atoms with E-state index in [-0.39, 0.29) is 6.42 Å². The molecule has 0 amide bonds. The average molecular weight is 360 g/mol. The third-order valence-electron chi connectivity index (χ3n) is 3.29. The van der Waals surface area contributed by atoms with Gasteiger partial charge in [0, 0.05) is 6.42 Å². The van der Waals surface area contributed by atoms with Gasteiger partial charge in [-0.3, -0.25) is 4.79 Å². The monoisotopic (exact) mass is 360 g/mol. The van der Waals surface area contributed by atoms with Gasteiger partial charge in [0.25, 0.3) is 0 Å². The number of carboxylic acid groups (broad SMARTS) is 1. The Kier molecular flexibility index (Phi) is 16.2. The Hall–Kier alpha value is -2.17. The molecule has 0 aromatic rings. The van der Waals surface area contributed by atoms with Crippen molar-refractivity contribution in [3.05, 3.63) is 72.9 Å². The van der Waals surface area contributed by atoms with Gasteiger partial charge in [0.15, 0.2) is 0 Å². The number of rotatable bonds is 14. The van der Waals surface area contributed by atoms with Gasteiger partial charge in [0.2, 0.25) is 0 Å². The molecule has 0 saturated carbocycles. The summed E-state index contributed by atoms with van der Waals surface area (Å²) in [5, 5.41) is 28.0. The van der Waals surface area contributed by atoms with Crippen molar-refractivity contribution in [1.82, 2.24) is 0 Å². The molecule has 0 bridgehead atoms. The summed E-state index contributed by atoms with van der Waals surface area (Å²) in [6.07, 6.45) is 24.7. The Labute approximate surface area is 157 Å². The standard InChI is InChI=1S/C22H32O4/c1-2-3-4-5-6-10-15-20(23)16-11-7-8-12-17-21(24)18-13-9-14-19-22(25)26/h3-4,6-13,16-17,20-21,23-24H,2,5,14-15,18-19H2,1H3,(H,25,26)/t20-,21-/m1/s1. The van der Waals surface area contributed by atoms with Crippen LogP contribution in [0.15, 0.2) is 72.9 Å². The number of aliphatic hydroxyl groups is 2. The van der Waals surface area contributed by atoms with E-state index in [1.807, 2.05) is 12.2 Å². The average Bonchev–Trinajstić information content (AvgIpc) is 2.60. The van der Waals surface area contributed by atoms with Crippen molar-refractivity contribution < 1.29 is 20.1 Å². The topological polar surface area (TPSA) is 77.8 Å². The van der Waals surface area contributed by atoms with Gasteiger partial charge in [-0.2, -0.15) is 0 Å². The second kappa shape index (κ2) is 17.6. The minimum Gasteiger partial charge on any atom is -0.481 e. The highest BCUT2D eigenvalue weighted by atomic mass is 16.4. The van der Waals surface area contributed by atoms with Crippen LogP contribution in [0.1, 0.15) is 45.4 Å². The van der Waals surface area contributed by atoms with Gasteiger partial charge in [0.05, 0.1) is 12.2 Å². The zero-order chi connectivity index (χ0) is 19.5. The van der Waals surface area contributed by atoms with Crippen LogP contribution < -0.4 is 0 Å². The van der Waals surface area contributed by atoms with Gasteiger partial charge in [-0.1, -0.05) is 79.8 Å². The summed E-state index contributed by atoms with van der Waals surface area (Å²) in [7, 11) is 0. The lowest BCUT2D eigenvalue weighted by Crippen LogP contribution is -1.99. The molecule has 4 nitrogen and oxygen atoms in total. The maximum absolute atomic E-state index is 10.3. The van der Waals surface area contributed by atoms with E-state index in [0.717, 1.165) is 12.8 Å². The summed E-state index contributed by atoms with van der Waals surface area (Å²) in [6, 6.07) is 0. The van der Waals surface area contributed by atoms with Gasteiger partial charge in [-0.05, 0) is 32.1 Å². The van der Waals surface area contributed by atoms with Crippen LogP contribution in [-0.4, -0.2) is 33.5 Å². The summed E-state index contributed by atoms with van der Waals surface area (Å²) in [6.45, 7) is 2.10. The molecule has 0 heterocycles. The van der Waals surface area contributed by atoms with Crippen LogP contribution in [0, 0.1) is 0 Å². The molecule has 144 valence electrons. The molecule has 0 aliphatic rings. The summed E-state index contributed by atoms with van der Waals surface area (Å²) in [4.78, 5) is 10.3. The van der Waals surface area contributed by atoms with Crippen LogP contribution in [0.25, 0.3) is 0 Å². The third kappa shape index (κ3) is 18.2. The first-order valence-corrected chi connectivity index (χ1v) is 9.10. The fourth-order valence-corrected chi connectivity index (χ4v) is 1.90. The summed E-state index contributed by atoms with van der Waals surface area (Å²) in [5.41, 5.74) is 0. The van der Waals surface area contributed by atoms with Crippen molar-refractivity contribution in [2.45, 2.75) is 57.7 Å². The first-order chi connectivity index (χ1) is 12.6. The van der Waals surface area contributed by atoms with E-state index in [4.69, 9.17) is 5.11 Å². The minimum absolute atomic E-state index is 0.106. The highest BCUT2D eigenvalue weighted by molar-refractivity contribution is 5.66. The van der Waals surface area contributed by atoms with Crippen LogP contribution >= 0.6 is 0 Å². The van der Waals surface area contributed by atoms with E-state index in [1.165, 1.54) is 0 Å². The molecule has 0 fully saturated rings. The number of aliphatic hydroxyl groups excluding tert-OH is 2. The summed E-state index contributed by atoms with van der Waals surface area (Å²) in [5.74, 6) is -0.821. The van der Waals surface area contributed by atoms with Gasteiger partial charge in [0.1, 0.15) is 0 Å². The smallest absolute Gasteiger partial charge is 0.303 e. The number of hydrogen-bond acceptors (Lipinski definition) is 3. The van der Waals surface area contributed by atoms with Crippen molar-refractivity contribution in [2.75, 3.05) is 0 Å². The molecule has 0 rings (SSSR count). The molecule has 0 aromatic carbocycles. The van der Waals surface area contributed by atoms with E-state index in [1.54, 1.807) is 48.6 Å². The Morgan fingerprint density at radius 3 is 1.88 bits per heavy atom. The normalized spacial score (nSPS) is 15.5. The number of carbonyl (C=O) groups is 1. The molecule has 0 spiro atoms. The molecule has 0 radical (unpaired) electrons. The number of carboxylic acids is 1. The molecule has 0 aliphatic carbocycles. The van der Waals surface area contributed by atoms with E-state index < -0.39 is 18.2 Å². The lowest BCUT2D eigenvalue weighted by molar-refractivity contribution is -0.136. The molecule has 3 N–H and O–H groups in total. The van der Waals surface area contributed by atoms with Crippen LogP contribution in [-0.2, 0) is 4.79 Å². The van der Waals surface area contributed by atoms with Gasteiger partial charge in [-0.15, -0.1) is 0 Å². The zero-order valence-corrected chi connectivity index (χ0v) is 15.6. The Morgan fingerprint density at radius 2 is 1.35 bits per heavy atom. The fourth-order valence-electron chi connectivity index (χ4n) is 1.90. The van der Waals surface area contributed by atoms with Crippen LogP contribution in [0.2, 0.25) is 0 Å². The Balaban J connectivity index is 3.91. The molecule has 0 saturated heterocycles. The quantitative estimate of drug-likeness (QED) is 0.315. The van der Waals surface area contributed by atoms with Crippen LogP contribution in [0.4, 0.5) is 0 Å². The first-order valence-electron chi connectivity index (χ1n) is 9.10. The van der Waals surface area contributed by atoms with E-state index in [2.05, 4.69) is 19.1 Å². The second-order valence-electron chi connectivity index (χ2n) is 5.75. The molecule has 0 unspecified atom stereocenters. The Bertz CT molecular complexity index is 524. The fraction of sp³-hybridized carbons (Fsp3) is 0.409. The molecule has 0 aromatic heterocycles. The number of aliphatic carboxylic acids is 1. The predicted octanol–water partition coefficient (Wildman–Crippen LogP) is 4.49. The zero-order valence-electron chi connectivity index (χ0n) is 15.6. The number of allylic oxidation sites excluding steroid dienone is 8. The lowest BCUT2D eigenvalue weighted by Gasteiger charge is -1.99. The van der Waals surface area contributed by atoms with Crippen molar-refractivity contribution in [2.24, 2.45) is 0 Å². The van der Waals surface area contributed by atoms with Crippen LogP contribution in [0.5, 0.6) is 0 Å². The summed E-state index contributed by atoms with van der Waals surface area (Å²) < 4.78 is 0. The molecule has 0 aliphatic heterocycles. The van der Waals surface area contributed by atoms with E-state index >= 15 is 0 Å². The second-order valence-corrected chi connectivity index (χ2v) is 5.75. The molecule has 26 heavy (non-hydrogen) atoms. The van der Waals surface area contributed by atoms with Crippen molar-refractivity contribution in [3.63, 3.8) is 0 Å². The van der Waals surface area contributed by atoms with E-state index in [9.17, 15) is 15.0 Å². The van der Waals surface area contributed by atoms with Gasteiger partial charge >= 0.3 is 5.97 Å². The molecular weight excluding hydrogens is 328 g/mol. The highest BCUT2D eigenvalue weighted by Gasteiger charge is 1.95. The van der Waals surface area contributed by atoms with Crippen LogP contribution in [0.3, 0.4) is 0 Å². The van der Waals surface area contributed by atoms with Crippen molar-refractivity contribution >= 4 is 5.97 Å². The highest BCUT2D eigenvalue weighted by Crippen LogP contribution is 2.00. The number of hydrogen-bond donors (Lipinski definition) is 3. The molecule has 2 atom stereocenters. The molecular formula is C22H32O4. The maximum Gasteiger partial charge on any atom is 0.303 e. The van der Waals surface area contributed by atoms with Crippen molar-refractivity contribution in [1.29, 1.82) is 0 Å². The lowest BCUT2D eigenvalue weighted by atomic mass is 10.2. The predicted molar refractivity (Wildman–Crippen MR) is 108 cm³/mol. The maximum atomic E-state index is 10.3. The third-order valence-corrected chi connectivity index (χ3v) is 3.29. The summed E-state index contributed by atoms with van der Waals surface area (Å²) >= 11 is 0. The van der Waals surface area contributed by atoms with Gasteiger partial charge in [-0.25, -0.2) is 0 Å². The largest absolute Gasteiger partial charge is 0.481 e. The van der Waals surface area contributed by atoms with Gasteiger partial charge < -0.3 is 15.3 Å². The first kappa shape index (κ1) is 23.8. The minimum atomic E-state index is -0.821.